The first-order valence-corrected chi connectivity index (χ1v) is 13.7. The first-order valence-electron chi connectivity index (χ1n) is 13.7. The molecule has 9 heteroatoms. The topological polar surface area (TPSA) is 115 Å². The number of imide groups is 2. The molecular weight excluding hydrogens is 508 g/mol. The second-order valence-corrected chi connectivity index (χ2v) is 11.8. The standard InChI is InChI=1S/C31H28N4O5/c36-28-27(15-26-2-1-11-33(26)23-7-9-25(10-8-23)35(39)40)29(37)34(30(38)32-28)24-5-3-22(4-6-24)31-16-19-12-20(17-31)14-21(13-19)18-31/h1-11,15,19-21H,12-14,16-18H2,(H,32,36,38)/b27-15+. The maximum absolute atomic E-state index is 13.5. The summed E-state index contributed by atoms with van der Waals surface area (Å²) in [7, 11) is 0. The van der Waals surface area contributed by atoms with Crippen molar-refractivity contribution < 1.29 is 19.3 Å². The SMILES string of the molecule is O=C1NC(=O)N(c2ccc(C34CC5CC(CC(C5)C3)C4)cc2)C(=O)/C1=C/c1cccn1-c1ccc([N+](=O)[O-])cc1. The van der Waals surface area contributed by atoms with Crippen LogP contribution in [0.25, 0.3) is 11.8 Å². The van der Waals surface area contributed by atoms with Gasteiger partial charge < -0.3 is 4.57 Å². The average molecular weight is 537 g/mol. The largest absolute Gasteiger partial charge is 0.335 e. The molecule has 3 aromatic rings. The smallest absolute Gasteiger partial charge is 0.317 e. The van der Waals surface area contributed by atoms with E-state index < -0.39 is 22.8 Å². The van der Waals surface area contributed by atoms with Crippen molar-refractivity contribution in [3.8, 4) is 5.69 Å². The minimum atomic E-state index is -0.777. The number of benzene rings is 2. The van der Waals surface area contributed by atoms with E-state index in [0.717, 1.165) is 22.7 Å². The fourth-order valence-electron chi connectivity index (χ4n) is 7.95. The van der Waals surface area contributed by atoms with E-state index in [4.69, 9.17) is 0 Å². The van der Waals surface area contributed by atoms with E-state index in [0.29, 0.717) is 17.1 Å². The molecule has 1 saturated heterocycles. The van der Waals surface area contributed by atoms with Crippen molar-refractivity contribution >= 4 is 35.3 Å². The van der Waals surface area contributed by atoms with Crippen LogP contribution in [0.3, 0.4) is 0 Å². The minimum Gasteiger partial charge on any atom is -0.317 e. The number of hydrogen-bond acceptors (Lipinski definition) is 5. The van der Waals surface area contributed by atoms with E-state index in [1.165, 1.54) is 62.3 Å². The summed E-state index contributed by atoms with van der Waals surface area (Å²) in [6.45, 7) is 0. The Hall–Kier alpha value is -4.53. The monoisotopic (exact) mass is 536 g/mol. The van der Waals surface area contributed by atoms with E-state index in [1.54, 1.807) is 35.0 Å². The van der Waals surface area contributed by atoms with Crippen LogP contribution in [-0.2, 0) is 15.0 Å². The highest BCUT2D eigenvalue weighted by molar-refractivity contribution is 6.39. The average Bonchev–Trinajstić information content (AvgIpc) is 3.39. The van der Waals surface area contributed by atoms with Crippen molar-refractivity contribution in [1.82, 2.24) is 9.88 Å². The summed E-state index contributed by atoms with van der Waals surface area (Å²) >= 11 is 0. The number of non-ortho nitro benzene ring substituents is 1. The first-order chi connectivity index (χ1) is 19.3. The van der Waals surface area contributed by atoms with Crippen LogP contribution in [-0.4, -0.2) is 27.3 Å². The van der Waals surface area contributed by atoms with Crippen molar-refractivity contribution in [2.24, 2.45) is 17.8 Å². The van der Waals surface area contributed by atoms with Gasteiger partial charge in [-0.25, -0.2) is 9.69 Å². The van der Waals surface area contributed by atoms with E-state index in [2.05, 4.69) is 17.4 Å². The molecule has 5 aliphatic rings. The molecule has 9 nitrogen and oxygen atoms in total. The third-order valence-corrected chi connectivity index (χ3v) is 9.29. The molecule has 0 atom stereocenters. The molecule has 0 radical (unpaired) electrons. The van der Waals surface area contributed by atoms with E-state index in [9.17, 15) is 24.5 Å². The van der Waals surface area contributed by atoms with Crippen molar-refractivity contribution in [1.29, 1.82) is 0 Å². The zero-order chi connectivity index (χ0) is 27.6. The molecule has 2 aromatic carbocycles. The molecule has 4 amide bonds. The van der Waals surface area contributed by atoms with Crippen molar-refractivity contribution in [3.63, 3.8) is 0 Å². The number of hydrogen-bond donors (Lipinski definition) is 1. The number of nitrogens with one attached hydrogen (secondary N) is 1. The quantitative estimate of drug-likeness (QED) is 0.200. The Kier molecular flexibility index (Phi) is 5.52. The van der Waals surface area contributed by atoms with Gasteiger partial charge in [-0.1, -0.05) is 12.1 Å². The molecule has 0 unspecified atom stereocenters. The third kappa shape index (κ3) is 3.95. The van der Waals surface area contributed by atoms with Gasteiger partial charge in [-0.3, -0.25) is 25.0 Å². The zero-order valence-electron chi connectivity index (χ0n) is 21.8. The number of carbonyl (C=O) groups excluding carboxylic acids is 3. The van der Waals surface area contributed by atoms with Gasteiger partial charge in [0.25, 0.3) is 17.5 Å². The molecule has 40 heavy (non-hydrogen) atoms. The number of barbiturate groups is 1. The molecule has 0 spiro atoms. The molecule has 202 valence electrons. The second kappa shape index (κ2) is 9.01. The summed E-state index contributed by atoms with van der Waals surface area (Å²) in [6, 6.07) is 16.4. The summed E-state index contributed by atoms with van der Waals surface area (Å²) in [5, 5.41) is 13.3. The summed E-state index contributed by atoms with van der Waals surface area (Å²) in [6.07, 6.45) is 10.9. The van der Waals surface area contributed by atoms with Gasteiger partial charge in [0.2, 0.25) is 0 Å². The van der Waals surface area contributed by atoms with Crippen LogP contribution in [0, 0.1) is 27.9 Å². The van der Waals surface area contributed by atoms with E-state index >= 15 is 0 Å². The number of carbonyl (C=O) groups is 3. The third-order valence-electron chi connectivity index (χ3n) is 9.29. The Morgan fingerprint density at radius 3 is 2.05 bits per heavy atom. The highest BCUT2D eigenvalue weighted by Crippen LogP contribution is 2.60. The van der Waals surface area contributed by atoms with Gasteiger partial charge in [0, 0.05) is 29.7 Å². The maximum Gasteiger partial charge on any atom is 0.335 e. The molecule has 4 saturated carbocycles. The summed E-state index contributed by atoms with van der Waals surface area (Å²) in [4.78, 5) is 50.7. The first kappa shape index (κ1) is 24.5. The Bertz CT molecular complexity index is 1550. The summed E-state index contributed by atoms with van der Waals surface area (Å²) < 4.78 is 1.71. The van der Waals surface area contributed by atoms with Crippen LogP contribution in [0.1, 0.15) is 49.8 Å². The van der Waals surface area contributed by atoms with Crippen molar-refractivity contribution in [2.75, 3.05) is 4.90 Å². The second-order valence-electron chi connectivity index (χ2n) is 11.8. The van der Waals surface area contributed by atoms with Gasteiger partial charge >= 0.3 is 6.03 Å². The molecule has 1 aliphatic heterocycles. The number of nitro groups is 1. The van der Waals surface area contributed by atoms with Crippen LogP contribution in [0.15, 0.2) is 72.4 Å². The lowest BCUT2D eigenvalue weighted by atomic mass is 9.48. The number of nitrogens with zero attached hydrogens (tertiary/aromatic N) is 3. The lowest BCUT2D eigenvalue weighted by Crippen LogP contribution is -2.54. The molecule has 4 bridgehead atoms. The van der Waals surface area contributed by atoms with Gasteiger partial charge in [0.05, 0.1) is 10.6 Å². The minimum absolute atomic E-state index is 0.0407. The highest BCUT2D eigenvalue weighted by atomic mass is 16.6. The lowest BCUT2D eigenvalue weighted by molar-refractivity contribution is -0.384. The van der Waals surface area contributed by atoms with Gasteiger partial charge in [-0.05, 0) is 110 Å². The van der Waals surface area contributed by atoms with E-state index in [1.807, 2.05) is 12.1 Å². The number of nitro benzene ring substituents is 1. The van der Waals surface area contributed by atoms with Gasteiger partial charge in [0.1, 0.15) is 5.57 Å². The molecule has 8 rings (SSSR count). The Labute approximate surface area is 230 Å². The number of amides is 4. The lowest BCUT2D eigenvalue weighted by Gasteiger charge is -2.57. The van der Waals surface area contributed by atoms with Crippen LogP contribution >= 0.6 is 0 Å². The van der Waals surface area contributed by atoms with Crippen LogP contribution < -0.4 is 10.2 Å². The fraction of sp³-hybridized carbons (Fsp3) is 0.323. The molecule has 2 heterocycles. The normalized spacial score (nSPS) is 28.3. The van der Waals surface area contributed by atoms with Crippen molar-refractivity contribution in [3.05, 3.63) is 93.8 Å². The Balaban J connectivity index is 1.17. The number of urea groups is 1. The van der Waals surface area contributed by atoms with Gasteiger partial charge in [0.15, 0.2) is 0 Å². The molecular formula is C31H28N4O5. The molecule has 1 aromatic heterocycles. The fourth-order valence-corrected chi connectivity index (χ4v) is 7.95. The predicted molar refractivity (Wildman–Crippen MR) is 148 cm³/mol. The molecule has 1 N–H and O–H groups in total. The Morgan fingerprint density at radius 2 is 1.45 bits per heavy atom. The molecule has 5 fully saturated rings. The number of anilines is 1. The van der Waals surface area contributed by atoms with E-state index in [-0.39, 0.29) is 16.7 Å². The van der Waals surface area contributed by atoms with Gasteiger partial charge in [-0.15, -0.1) is 0 Å². The Morgan fingerprint density at radius 1 is 0.850 bits per heavy atom. The summed E-state index contributed by atoms with van der Waals surface area (Å²) in [5.74, 6) is 0.956. The van der Waals surface area contributed by atoms with Crippen molar-refractivity contribution in [2.45, 2.75) is 43.9 Å². The number of aromatic nitrogens is 1. The van der Waals surface area contributed by atoms with Gasteiger partial charge in [-0.2, -0.15) is 0 Å². The highest BCUT2D eigenvalue weighted by Gasteiger charge is 2.51. The number of rotatable bonds is 5. The predicted octanol–water partition coefficient (Wildman–Crippen LogP) is 5.52. The van der Waals surface area contributed by atoms with Crippen LogP contribution in [0.5, 0.6) is 0 Å². The van der Waals surface area contributed by atoms with Crippen LogP contribution in [0.4, 0.5) is 16.2 Å². The zero-order valence-corrected chi connectivity index (χ0v) is 21.8. The summed E-state index contributed by atoms with van der Waals surface area (Å²) in [5.41, 5.74) is 2.82. The van der Waals surface area contributed by atoms with Crippen LogP contribution in [0.2, 0.25) is 0 Å². The maximum atomic E-state index is 13.5. The molecule has 4 aliphatic carbocycles.